The van der Waals surface area contributed by atoms with Crippen molar-refractivity contribution < 1.29 is 9.84 Å². The fourth-order valence-corrected chi connectivity index (χ4v) is 3.84. The molecular weight excluding hydrogens is 340 g/mol. The van der Waals surface area contributed by atoms with Crippen molar-refractivity contribution in [2.75, 3.05) is 27.2 Å². The highest BCUT2D eigenvalue weighted by atomic mass is 16.5. The Morgan fingerprint density at radius 2 is 2.07 bits per heavy atom. The standard InChI is InChI=1S/C21H24N4O2/c1-13-9-15(27-3)10-19(26)20(13)16-6-7-17-21(23-16)24-18(11-22-17)14-5-4-8-25(2)12-14/h6-7,9-11,14,26H,4-5,8,12H2,1-3H3/t14-/m1/s1. The van der Waals surface area contributed by atoms with Gasteiger partial charge in [-0.1, -0.05) is 0 Å². The smallest absolute Gasteiger partial charge is 0.179 e. The van der Waals surface area contributed by atoms with Crippen LogP contribution < -0.4 is 4.74 Å². The van der Waals surface area contributed by atoms with Gasteiger partial charge < -0.3 is 14.7 Å². The molecule has 6 heteroatoms. The van der Waals surface area contributed by atoms with E-state index in [1.165, 1.54) is 6.42 Å². The van der Waals surface area contributed by atoms with Gasteiger partial charge in [0, 0.05) is 30.3 Å². The second-order valence-corrected chi connectivity index (χ2v) is 7.27. The number of phenolic OH excluding ortho intramolecular Hbond substituents is 1. The van der Waals surface area contributed by atoms with Crippen LogP contribution in [0.15, 0.2) is 30.5 Å². The van der Waals surface area contributed by atoms with Crippen LogP contribution in [0.25, 0.3) is 22.4 Å². The Morgan fingerprint density at radius 1 is 1.22 bits per heavy atom. The molecule has 4 rings (SSSR count). The van der Waals surface area contributed by atoms with Crippen molar-refractivity contribution in [1.82, 2.24) is 19.9 Å². The fourth-order valence-electron chi connectivity index (χ4n) is 3.84. The molecule has 1 aromatic carbocycles. The number of fused-ring (bicyclic) bond motifs is 1. The molecule has 2 aromatic heterocycles. The van der Waals surface area contributed by atoms with Crippen molar-refractivity contribution >= 4 is 11.2 Å². The molecule has 0 unspecified atom stereocenters. The van der Waals surface area contributed by atoms with E-state index in [1.807, 2.05) is 31.3 Å². The second kappa shape index (κ2) is 7.12. The van der Waals surface area contributed by atoms with Crippen LogP contribution >= 0.6 is 0 Å². The Hall–Kier alpha value is -2.73. The highest BCUT2D eigenvalue weighted by Crippen LogP contribution is 2.35. The summed E-state index contributed by atoms with van der Waals surface area (Å²) in [6.07, 6.45) is 4.18. The van der Waals surface area contributed by atoms with Crippen LogP contribution in [0.4, 0.5) is 0 Å². The van der Waals surface area contributed by atoms with Gasteiger partial charge in [0.1, 0.15) is 17.0 Å². The van der Waals surface area contributed by atoms with E-state index in [9.17, 15) is 5.11 Å². The van der Waals surface area contributed by atoms with Crippen LogP contribution in [0.1, 0.15) is 30.0 Å². The SMILES string of the molecule is COc1cc(C)c(-c2ccc3ncc([C@@H]4CCCN(C)C4)nc3n2)c(O)c1. The van der Waals surface area contributed by atoms with Crippen LogP contribution in [-0.2, 0) is 0 Å². The first-order valence-electron chi connectivity index (χ1n) is 9.25. The predicted octanol–water partition coefficient (Wildman–Crippen LogP) is 3.52. The van der Waals surface area contributed by atoms with Gasteiger partial charge in [-0.3, -0.25) is 4.98 Å². The van der Waals surface area contributed by atoms with Crippen molar-refractivity contribution in [3.8, 4) is 22.8 Å². The van der Waals surface area contributed by atoms with Crippen molar-refractivity contribution in [2.45, 2.75) is 25.7 Å². The summed E-state index contributed by atoms with van der Waals surface area (Å²) in [6.45, 7) is 4.07. The first-order chi connectivity index (χ1) is 13.0. The molecule has 0 aliphatic carbocycles. The number of likely N-dealkylation sites (N-methyl/N-ethyl adjacent to an activating group) is 1. The summed E-state index contributed by atoms with van der Waals surface area (Å²) in [4.78, 5) is 16.4. The zero-order valence-corrected chi connectivity index (χ0v) is 15.9. The largest absolute Gasteiger partial charge is 0.507 e. The van der Waals surface area contributed by atoms with Crippen LogP contribution in [0, 0.1) is 6.92 Å². The van der Waals surface area contributed by atoms with Crippen LogP contribution in [0.2, 0.25) is 0 Å². The molecular formula is C21H24N4O2. The van der Waals surface area contributed by atoms with Gasteiger partial charge in [-0.05, 0) is 57.1 Å². The van der Waals surface area contributed by atoms with Crippen LogP contribution in [-0.4, -0.2) is 52.2 Å². The van der Waals surface area contributed by atoms with Gasteiger partial charge in [-0.25, -0.2) is 9.97 Å². The number of rotatable bonds is 3. The maximum atomic E-state index is 10.5. The molecule has 0 amide bonds. The molecule has 0 saturated carbocycles. The van der Waals surface area contributed by atoms with Crippen LogP contribution in [0.3, 0.4) is 0 Å². The lowest BCUT2D eigenvalue weighted by Gasteiger charge is -2.29. The molecule has 27 heavy (non-hydrogen) atoms. The second-order valence-electron chi connectivity index (χ2n) is 7.27. The molecule has 1 fully saturated rings. The van der Waals surface area contributed by atoms with Crippen molar-refractivity contribution in [1.29, 1.82) is 0 Å². The fraction of sp³-hybridized carbons (Fsp3) is 0.381. The minimum Gasteiger partial charge on any atom is -0.507 e. The molecule has 1 aliphatic heterocycles. The first kappa shape index (κ1) is 17.7. The maximum absolute atomic E-state index is 10.5. The number of phenols is 1. The van der Waals surface area contributed by atoms with Gasteiger partial charge in [0.15, 0.2) is 5.65 Å². The monoisotopic (exact) mass is 364 g/mol. The number of hydrogen-bond donors (Lipinski definition) is 1. The summed E-state index contributed by atoms with van der Waals surface area (Å²) < 4.78 is 5.22. The quantitative estimate of drug-likeness (QED) is 0.767. The number of ether oxygens (including phenoxy) is 1. The van der Waals surface area contributed by atoms with Crippen molar-refractivity contribution in [2.24, 2.45) is 0 Å². The number of piperidine rings is 1. The molecule has 0 bridgehead atoms. The predicted molar refractivity (Wildman–Crippen MR) is 105 cm³/mol. The zero-order chi connectivity index (χ0) is 19.0. The maximum Gasteiger partial charge on any atom is 0.179 e. The molecule has 1 aliphatic rings. The van der Waals surface area contributed by atoms with E-state index in [2.05, 4.69) is 16.9 Å². The summed E-state index contributed by atoms with van der Waals surface area (Å²) >= 11 is 0. The number of likely N-dealkylation sites (tertiary alicyclic amines) is 1. The van der Waals surface area contributed by atoms with Gasteiger partial charge >= 0.3 is 0 Å². The minimum atomic E-state index is 0.150. The lowest BCUT2D eigenvalue weighted by atomic mass is 9.95. The topological polar surface area (TPSA) is 71.4 Å². The molecule has 0 radical (unpaired) electrons. The molecule has 6 nitrogen and oxygen atoms in total. The Labute approximate surface area is 158 Å². The van der Waals surface area contributed by atoms with Crippen LogP contribution in [0.5, 0.6) is 11.5 Å². The molecule has 140 valence electrons. The van der Waals surface area contributed by atoms with E-state index in [0.717, 1.165) is 36.3 Å². The summed E-state index contributed by atoms with van der Waals surface area (Å²) in [5.41, 5.74) is 4.66. The molecule has 0 spiro atoms. The van der Waals surface area contributed by atoms with E-state index >= 15 is 0 Å². The van der Waals surface area contributed by atoms with Gasteiger partial charge in [0.2, 0.25) is 0 Å². The molecule has 1 N–H and O–H groups in total. The van der Waals surface area contributed by atoms with Crippen molar-refractivity contribution in [3.63, 3.8) is 0 Å². The Balaban J connectivity index is 1.75. The van der Waals surface area contributed by atoms with Gasteiger partial charge in [-0.2, -0.15) is 0 Å². The first-order valence-corrected chi connectivity index (χ1v) is 9.25. The number of nitrogens with zero attached hydrogens (tertiary/aromatic N) is 4. The lowest BCUT2D eigenvalue weighted by Crippen LogP contribution is -2.31. The summed E-state index contributed by atoms with van der Waals surface area (Å²) in [7, 11) is 3.73. The third-order valence-corrected chi connectivity index (χ3v) is 5.25. The number of aryl methyl sites for hydroxylation is 1. The zero-order valence-electron chi connectivity index (χ0n) is 15.9. The Kier molecular flexibility index (Phi) is 4.66. The number of aromatic nitrogens is 3. The summed E-state index contributed by atoms with van der Waals surface area (Å²) in [5, 5.41) is 10.5. The third-order valence-electron chi connectivity index (χ3n) is 5.25. The summed E-state index contributed by atoms with van der Waals surface area (Å²) in [6, 6.07) is 7.28. The molecule has 1 saturated heterocycles. The average molecular weight is 364 g/mol. The van der Waals surface area contributed by atoms with E-state index in [-0.39, 0.29) is 5.75 Å². The highest BCUT2D eigenvalue weighted by molar-refractivity contribution is 5.78. The summed E-state index contributed by atoms with van der Waals surface area (Å²) in [5.74, 6) is 1.16. The van der Waals surface area contributed by atoms with Gasteiger partial charge in [-0.15, -0.1) is 0 Å². The molecule has 3 heterocycles. The van der Waals surface area contributed by atoms with E-state index < -0.39 is 0 Å². The third kappa shape index (κ3) is 3.45. The lowest BCUT2D eigenvalue weighted by molar-refractivity contribution is 0.248. The van der Waals surface area contributed by atoms with Gasteiger partial charge in [0.05, 0.1) is 18.5 Å². The highest BCUT2D eigenvalue weighted by Gasteiger charge is 2.21. The van der Waals surface area contributed by atoms with Gasteiger partial charge in [0.25, 0.3) is 0 Å². The molecule has 3 aromatic rings. The Bertz CT molecular complexity index is 966. The van der Waals surface area contributed by atoms with E-state index in [1.54, 1.807) is 13.2 Å². The van der Waals surface area contributed by atoms with E-state index in [4.69, 9.17) is 14.7 Å². The number of aromatic hydroxyl groups is 1. The number of benzene rings is 1. The average Bonchev–Trinajstić information content (AvgIpc) is 2.66. The molecule has 1 atom stereocenters. The number of pyridine rings is 1. The number of hydrogen-bond acceptors (Lipinski definition) is 6. The number of methoxy groups -OCH3 is 1. The Morgan fingerprint density at radius 3 is 2.81 bits per heavy atom. The normalized spacial score (nSPS) is 18.0. The van der Waals surface area contributed by atoms with Crippen molar-refractivity contribution in [3.05, 3.63) is 41.7 Å². The minimum absolute atomic E-state index is 0.150. The van der Waals surface area contributed by atoms with E-state index in [0.29, 0.717) is 28.6 Å².